The van der Waals surface area contributed by atoms with Crippen molar-refractivity contribution in [2.24, 2.45) is 0 Å². The zero-order chi connectivity index (χ0) is 38.2. The predicted molar refractivity (Wildman–Crippen MR) is 238 cm³/mol. The molecule has 0 unspecified atom stereocenters. The van der Waals surface area contributed by atoms with E-state index in [9.17, 15) is 0 Å². The Labute approximate surface area is 330 Å². The summed E-state index contributed by atoms with van der Waals surface area (Å²) in [7, 11) is -1.07. The molecular weight excluding hydrogens is 703 g/mol. The topological polar surface area (TPSA) is 25.6 Å². The number of furan rings is 1. The Bertz CT molecular complexity index is 2860. The van der Waals surface area contributed by atoms with E-state index in [4.69, 9.17) is 9.15 Å². The van der Waals surface area contributed by atoms with E-state index >= 15 is 0 Å². The van der Waals surface area contributed by atoms with Crippen molar-refractivity contribution >= 4 is 54.6 Å². The van der Waals surface area contributed by atoms with Crippen LogP contribution >= 0.6 is 10.0 Å². The van der Waals surface area contributed by atoms with Crippen LogP contribution in [0.25, 0.3) is 38.6 Å². The molecule has 56 heavy (non-hydrogen) atoms. The monoisotopic (exact) mass is 745 g/mol. The summed E-state index contributed by atoms with van der Waals surface area (Å²) in [5.41, 5.74) is 13.7. The number of anilines is 3. The summed E-state index contributed by atoms with van der Waals surface area (Å²) in [6.07, 6.45) is 13.5. The first-order chi connectivity index (χ1) is 27.3. The SMILES string of the molecule is C/C=C\C(=C/C)c1ccc2c(c1)C1(c3ccccc3Oc3ccccc31)c1cc(-c3ccccc3)ccc1N2c1cccc2c1oc1c(S(C)(C)C)cccc12. The van der Waals surface area contributed by atoms with Gasteiger partial charge in [0, 0.05) is 26.8 Å². The second-order valence-corrected chi connectivity index (χ2v) is 19.6. The number of hydrogen-bond acceptors (Lipinski definition) is 3. The minimum atomic E-state index is -1.07. The van der Waals surface area contributed by atoms with Crippen LogP contribution in [0.5, 0.6) is 11.5 Å². The van der Waals surface area contributed by atoms with Crippen molar-refractivity contribution < 1.29 is 9.15 Å². The average Bonchev–Trinajstić information content (AvgIpc) is 3.62. The maximum Gasteiger partial charge on any atom is 0.159 e. The number of fused-ring (bicyclic) bond motifs is 11. The van der Waals surface area contributed by atoms with Gasteiger partial charge in [-0.1, -0.05) is 121 Å². The summed E-state index contributed by atoms with van der Waals surface area (Å²) in [6.45, 7) is 4.20. The van der Waals surface area contributed by atoms with Crippen molar-refractivity contribution in [3.05, 3.63) is 198 Å². The Morgan fingerprint density at radius 2 is 1.18 bits per heavy atom. The lowest BCUT2D eigenvalue weighted by atomic mass is 9.60. The highest BCUT2D eigenvalue weighted by atomic mass is 32.3. The Morgan fingerprint density at radius 3 is 1.86 bits per heavy atom. The summed E-state index contributed by atoms with van der Waals surface area (Å²) in [5.74, 6) is 1.73. The molecule has 0 radical (unpaired) electrons. The van der Waals surface area contributed by atoms with Crippen LogP contribution in [-0.2, 0) is 5.41 Å². The zero-order valence-corrected chi connectivity index (χ0v) is 33.2. The minimum absolute atomic E-state index is 0.716. The highest BCUT2D eigenvalue weighted by Crippen LogP contribution is 2.64. The third kappa shape index (κ3) is 4.99. The second-order valence-electron chi connectivity index (χ2n) is 15.5. The van der Waals surface area contributed by atoms with Crippen molar-refractivity contribution in [2.45, 2.75) is 24.2 Å². The lowest BCUT2D eigenvalue weighted by Crippen LogP contribution is -2.40. The lowest BCUT2D eigenvalue weighted by molar-refractivity contribution is 0.434. The van der Waals surface area contributed by atoms with Gasteiger partial charge in [0.15, 0.2) is 5.58 Å². The zero-order valence-electron chi connectivity index (χ0n) is 32.3. The van der Waals surface area contributed by atoms with Crippen LogP contribution in [0.1, 0.15) is 41.7 Å². The average molecular weight is 746 g/mol. The fraction of sp³-hybridized carbons (Fsp3) is 0.115. The first-order valence-corrected chi connectivity index (χ1v) is 22.1. The van der Waals surface area contributed by atoms with E-state index in [2.05, 4.69) is 207 Å². The van der Waals surface area contributed by atoms with Gasteiger partial charge in [-0.3, -0.25) is 0 Å². The Balaban J connectivity index is 1.38. The smallest absolute Gasteiger partial charge is 0.159 e. The quantitative estimate of drug-likeness (QED) is 0.164. The summed E-state index contributed by atoms with van der Waals surface area (Å²) in [6, 6.07) is 55.2. The van der Waals surface area contributed by atoms with Crippen molar-refractivity contribution in [3.8, 4) is 22.6 Å². The Kier molecular flexibility index (Phi) is 7.91. The van der Waals surface area contributed by atoms with Crippen molar-refractivity contribution in [1.29, 1.82) is 0 Å². The molecule has 274 valence electrons. The summed E-state index contributed by atoms with van der Waals surface area (Å²) in [5, 5.41) is 2.27. The summed E-state index contributed by atoms with van der Waals surface area (Å²) < 4.78 is 13.9. The Hall–Kier alpha value is -6.23. The standard InChI is InChI=1S/C52H43NO2S/c1-6-17-34(7-2)36-28-30-44-42(32-36)52(40-22-11-13-25-47(40)54-48-26-14-12-23-41(48)52)43-33-37(35-18-9-8-10-19-35)29-31-45(43)53(44)46-24-15-20-38-39-21-16-27-49(56(3,4)5)51(39)55-50(38)46/h6-33H,1-5H3/b17-6-,34-7+. The molecule has 8 aromatic rings. The van der Waals surface area contributed by atoms with Gasteiger partial charge in [0.25, 0.3) is 0 Å². The lowest BCUT2D eigenvalue weighted by Gasteiger charge is -2.49. The van der Waals surface area contributed by atoms with Gasteiger partial charge in [-0.2, -0.15) is 0 Å². The van der Waals surface area contributed by atoms with Gasteiger partial charge in [-0.05, 0) is 115 Å². The van der Waals surface area contributed by atoms with Crippen molar-refractivity contribution in [1.82, 2.24) is 0 Å². The maximum absolute atomic E-state index is 7.12. The largest absolute Gasteiger partial charge is 0.457 e. The molecule has 0 amide bonds. The van der Waals surface area contributed by atoms with Crippen LogP contribution in [0.3, 0.4) is 0 Å². The van der Waals surface area contributed by atoms with Gasteiger partial charge < -0.3 is 14.1 Å². The van der Waals surface area contributed by atoms with Crippen LogP contribution < -0.4 is 9.64 Å². The van der Waals surface area contributed by atoms with Gasteiger partial charge in [-0.25, -0.2) is 10.0 Å². The molecule has 4 heteroatoms. The normalized spacial score (nSPS) is 14.7. The third-order valence-corrected chi connectivity index (χ3v) is 13.2. The van der Waals surface area contributed by atoms with Gasteiger partial charge in [0.2, 0.25) is 0 Å². The van der Waals surface area contributed by atoms with E-state index in [0.29, 0.717) is 0 Å². The molecule has 0 fully saturated rings. The van der Waals surface area contributed by atoms with E-state index in [-0.39, 0.29) is 0 Å². The van der Waals surface area contributed by atoms with E-state index in [1.54, 1.807) is 0 Å². The fourth-order valence-electron chi connectivity index (χ4n) is 9.14. The highest BCUT2D eigenvalue weighted by molar-refractivity contribution is 8.32. The van der Waals surface area contributed by atoms with Gasteiger partial charge >= 0.3 is 0 Å². The molecule has 0 bridgehead atoms. The van der Waals surface area contributed by atoms with E-state index in [1.807, 2.05) is 0 Å². The molecule has 3 nitrogen and oxygen atoms in total. The van der Waals surface area contributed by atoms with Crippen molar-refractivity contribution in [2.75, 3.05) is 23.7 Å². The number of benzene rings is 7. The van der Waals surface area contributed by atoms with Crippen LogP contribution in [-0.4, -0.2) is 18.8 Å². The number of allylic oxidation sites excluding steroid dienone is 4. The predicted octanol–water partition coefficient (Wildman–Crippen LogP) is 14.6. The molecular formula is C52H43NO2S. The van der Waals surface area contributed by atoms with Gasteiger partial charge in [-0.15, -0.1) is 0 Å². The van der Waals surface area contributed by atoms with E-state index in [1.165, 1.54) is 27.2 Å². The molecule has 0 saturated heterocycles. The molecule has 0 saturated carbocycles. The number of para-hydroxylation sites is 4. The van der Waals surface area contributed by atoms with E-state index in [0.717, 1.165) is 72.8 Å². The number of ether oxygens (including phenoxy) is 1. The molecule has 0 atom stereocenters. The van der Waals surface area contributed by atoms with Crippen LogP contribution in [0, 0.1) is 0 Å². The summed E-state index contributed by atoms with van der Waals surface area (Å²) >= 11 is 0. The second kappa shape index (κ2) is 12.9. The molecule has 0 N–H and O–H groups in total. The van der Waals surface area contributed by atoms with Crippen LogP contribution in [0.2, 0.25) is 0 Å². The van der Waals surface area contributed by atoms with Crippen molar-refractivity contribution in [3.63, 3.8) is 0 Å². The molecule has 1 spiro atoms. The van der Waals surface area contributed by atoms with E-state index < -0.39 is 15.4 Å². The molecule has 7 aromatic carbocycles. The molecule has 2 aliphatic rings. The minimum Gasteiger partial charge on any atom is -0.457 e. The first-order valence-electron chi connectivity index (χ1n) is 19.3. The number of rotatable bonds is 5. The third-order valence-electron chi connectivity index (χ3n) is 11.6. The number of nitrogens with zero attached hydrogens (tertiary/aromatic N) is 1. The molecule has 2 aliphatic heterocycles. The molecule has 3 heterocycles. The summed E-state index contributed by atoms with van der Waals surface area (Å²) in [4.78, 5) is 3.74. The van der Waals surface area contributed by atoms with Crippen LogP contribution in [0.15, 0.2) is 179 Å². The maximum atomic E-state index is 7.12. The highest BCUT2D eigenvalue weighted by Gasteiger charge is 2.51. The van der Waals surface area contributed by atoms with Crippen LogP contribution in [0.4, 0.5) is 17.1 Å². The molecule has 0 aliphatic carbocycles. The van der Waals surface area contributed by atoms with Gasteiger partial charge in [0.05, 0.1) is 22.5 Å². The fourth-order valence-corrected chi connectivity index (χ4v) is 10.3. The Morgan fingerprint density at radius 1 is 0.554 bits per heavy atom. The molecule has 1 aromatic heterocycles. The van der Waals surface area contributed by atoms with Gasteiger partial charge in [0.1, 0.15) is 17.1 Å². The number of hydrogen-bond donors (Lipinski definition) is 0. The molecule has 10 rings (SSSR count). The first kappa shape index (κ1) is 34.3.